The van der Waals surface area contributed by atoms with Crippen molar-refractivity contribution in [2.45, 2.75) is 12.2 Å². The lowest BCUT2D eigenvalue weighted by atomic mass is 10.3. The van der Waals surface area contributed by atoms with Crippen LogP contribution < -0.4 is 11.1 Å². The van der Waals surface area contributed by atoms with Gasteiger partial charge in [0.1, 0.15) is 13.1 Å². The molecule has 0 bridgehead atoms. The van der Waals surface area contributed by atoms with Crippen LogP contribution in [0.4, 0.5) is 28.0 Å². The number of oxazole rings is 1. The summed E-state index contributed by atoms with van der Waals surface area (Å²) in [6.45, 7) is -2.62. The van der Waals surface area contributed by atoms with Crippen molar-refractivity contribution in [1.29, 1.82) is 0 Å². The molecule has 0 atom stereocenters. The molecule has 130 valence electrons. The Kier molecular flexibility index (Phi) is 3.55. The van der Waals surface area contributed by atoms with Gasteiger partial charge < -0.3 is 14.6 Å². The van der Waals surface area contributed by atoms with Gasteiger partial charge in [-0.05, 0) is 12.1 Å². The molecule has 0 aliphatic carbocycles. The Bertz CT molecular complexity index is 845. The number of carbonyl (C=O) groups is 1. The molecule has 3 rings (SSSR count). The Labute approximate surface area is 131 Å². The summed E-state index contributed by atoms with van der Waals surface area (Å²) in [5.74, 6) is -0.624. The summed E-state index contributed by atoms with van der Waals surface area (Å²) in [5, 5.41) is 2.20. The van der Waals surface area contributed by atoms with E-state index in [0.29, 0.717) is 5.52 Å². The summed E-state index contributed by atoms with van der Waals surface area (Å²) in [4.78, 5) is 23.6. The van der Waals surface area contributed by atoms with Gasteiger partial charge in [-0.3, -0.25) is 9.30 Å². The van der Waals surface area contributed by atoms with Crippen LogP contribution in [0.3, 0.4) is 0 Å². The molecule has 24 heavy (non-hydrogen) atoms. The van der Waals surface area contributed by atoms with Crippen molar-refractivity contribution in [2.24, 2.45) is 7.05 Å². The Morgan fingerprint density at radius 2 is 1.83 bits per heavy atom. The van der Waals surface area contributed by atoms with Gasteiger partial charge >= 0.3 is 24.0 Å². The number of morpholine rings is 1. The van der Waals surface area contributed by atoms with Crippen LogP contribution in [0.5, 0.6) is 0 Å². The van der Waals surface area contributed by atoms with Crippen molar-refractivity contribution < 1.29 is 31.5 Å². The number of aryl methyl sites for hydroxylation is 1. The third-order valence-electron chi connectivity index (χ3n) is 3.38. The van der Waals surface area contributed by atoms with Crippen LogP contribution in [-0.2, 0) is 11.8 Å². The van der Waals surface area contributed by atoms with Gasteiger partial charge in [0.15, 0.2) is 5.58 Å². The van der Waals surface area contributed by atoms with Crippen LogP contribution in [0.2, 0.25) is 0 Å². The lowest BCUT2D eigenvalue weighted by Gasteiger charge is -2.36. The minimum Gasteiger partial charge on any atom is -0.408 e. The van der Waals surface area contributed by atoms with Crippen molar-refractivity contribution in [2.75, 3.05) is 18.4 Å². The minimum atomic E-state index is -4.16. The summed E-state index contributed by atoms with van der Waals surface area (Å²) in [7, 11) is 1.48. The second kappa shape index (κ2) is 5.23. The van der Waals surface area contributed by atoms with E-state index in [4.69, 9.17) is 4.42 Å². The molecular weight excluding hydrogens is 338 g/mol. The van der Waals surface area contributed by atoms with E-state index in [2.05, 4.69) is 10.1 Å². The van der Waals surface area contributed by atoms with E-state index < -0.39 is 37.1 Å². The number of halogens is 4. The fourth-order valence-corrected chi connectivity index (χ4v) is 2.34. The predicted molar refractivity (Wildman–Crippen MR) is 73.0 cm³/mol. The molecular formula is C13H11F4N3O4. The van der Waals surface area contributed by atoms with Crippen LogP contribution in [0.25, 0.3) is 11.1 Å². The number of anilines is 1. The third kappa shape index (κ3) is 3.07. The average molecular weight is 349 g/mol. The number of alkyl halides is 4. The van der Waals surface area contributed by atoms with Gasteiger partial charge in [-0.1, -0.05) is 0 Å². The van der Waals surface area contributed by atoms with E-state index in [1.165, 1.54) is 29.8 Å². The molecule has 1 aliphatic heterocycles. The molecule has 1 saturated heterocycles. The number of ether oxygens (including phenoxy) is 1. The van der Waals surface area contributed by atoms with Crippen LogP contribution in [-0.4, -0.2) is 40.8 Å². The first-order chi connectivity index (χ1) is 11.1. The van der Waals surface area contributed by atoms with Gasteiger partial charge in [0.2, 0.25) is 0 Å². The number of hydrogen-bond acceptors (Lipinski definition) is 4. The maximum Gasteiger partial charge on any atom is 0.419 e. The van der Waals surface area contributed by atoms with Crippen molar-refractivity contribution in [3.05, 3.63) is 28.7 Å². The van der Waals surface area contributed by atoms with E-state index in [1.807, 2.05) is 0 Å². The highest BCUT2D eigenvalue weighted by molar-refractivity contribution is 5.91. The smallest absolute Gasteiger partial charge is 0.408 e. The summed E-state index contributed by atoms with van der Waals surface area (Å²) >= 11 is 0. The molecule has 1 aliphatic rings. The number of urea groups is 1. The number of nitrogens with zero attached hydrogens (tertiary/aromatic N) is 2. The number of nitrogens with one attached hydrogen (secondary N) is 1. The SMILES string of the molecule is Cn1c(=O)oc2cc(NC(=O)N3CC(F)(F)OC(F)(F)C3)ccc21. The summed E-state index contributed by atoms with van der Waals surface area (Å²) in [6, 6.07) is 2.96. The monoisotopic (exact) mass is 349 g/mol. The first-order valence-corrected chi connectivity index (χ1v) is 6.68. The maximum atomic E-state index is 13.1. The van der Waals surface area contributed by atoms with E-state index >= 15 is 0 Å². The van der Waals surface area contributed by atoms with E-state index in [-0.39, 0.29) is 16.2 Å². The van der Waals surface area contributed by atoms with E-state index in [1.54, 1.807) is 0 Å². The van der Waals surface area contributed by atoms with Crippen molar-refractivity contribution in [3.63, 3.8) is 0 Å². The third-order valence-corrected chi connectivity index (χ3v) is 3.38. The maximum absolute atomic E-state index is 13.1. The minimum absolute atomic E-state index is 0.0972. The Balaban J connectivity index is 1.80. The topological polar surface area (TPSA) is 76.7 Å². The average Bonchev–Trinajstić information content (AvgIpc) is 2.70. The standard InChI is InChI=1S/C13H11F4N3O4/c1-19-8-3-2-7(4-9(8)23-11(19)22)18-10(21)20-5-12(14,15)24-13(16,17)6-20/h2-4H,5-6H2,1H3,(H,18,21). The molecule has 0 spiro atoms. The molecule has 11 heteroatoms. The van der Waals surface area contributed by atoms with Crippen LogP contribution in [0.1, 0.15) is 0 Å². The molecule has 1 N–H and O–H groups in total. The van der Waals surface area contributed by atoms with Gasteiger partial charge in [-0.2, -0.15) is 17.6 Å². The zero-order valence-electron chi connectivity index (χ0n) is 12.2. The summed E-state index contributed by atoms with van der Waals surface area (Å²) < 4.78 is 62.0. The Hall–Kier alpha value is -2.56. The van der Waals surface area contributed by atoms with Gasteiger partial charge in [0, 0.05) is 18.8 Å². The molecule has 2 aromatic rings. The second-order valence-corrected chi connectivity index (χ2v) is 5.27. The lowest BCUT2D eigenvalue weighted by Crippen LogP contribution is -2.57. The number of carbonyl (C=O) groups excluding carboxylic acids is 1. The molecule has 7 nitrogen and oxygen atoms in total. The Morgan fingerprint density at radius 3 is 2.46 bits per heavy atom. The summed E-state index contributed by atoms with van der Waals surface area (Å²) in [5.41, 5.74) is 0.695. The van der Waals surface area contributed by atoms with Gasteiger partial charge in [0.25, 0.3) is 0 Å². The van der Waals surface area contributed by atoms with E-state index in [0.717, 1.165) is 0 Å². The van der Waals surface area contributed by atoms with Crippen LogP contribution in [0, 0.1) is 0 Å². The molecule has 2 heterocycles. The van der Waals surface area contributed by atoms with Gasteiger partial charge in [0.05, 0.1) is 5.52 Å². The highest BCUT2D eigenvalue weighted by Crippen LogP contribution is 2.33. The molecule has 0 saturated carbocycles. The molecule has 0 radical (unpaired) electrons. The fraction of sp³-hybridized carbons (Fsp3) is 0.385. The number of rotatable bonds is 1. The van der Waals surface area contributed by atoms with E-state index in [9.17, 15) is 27.2 Å². The quantitative estimate of drug-likeness (QED) is 0.801. The highest BCUT2D eigenvalue weighted by Gasteiger charge is 2.52. The fourth-order valence-electron chi connectivity index (χ4n) is 2.34. The second-order valence-electron chi connectivity index (χ2n) is 5.27. The van der Waals surface area contributed by atoms with Crippen molar-refractivity contribution in [3.8, 4) is 0 Å². The largest absolute Gasteiger partial charge is 0.419 e. The zero-order valence-corrected chi connectivity index (χ0v) is 12.2. The first kappa shape index (κ1) is 16.3. The Morgan fingerprint density at radius 1 is 1.21 bits per heavy atom. The molecule has 2 amide bonds. The molecule has 1 aromatic carbocycles. The first-order valence-electron chi connectivity index (χ1n) is 6.68. The molecule has 1 fully saturated rings. The summed E-state index contributed by atoms with van der Waals surface area (Å²) in [6.07, 6.45) is -8.31. The number of hydrogen-bond donors (Lipinski definition) is 1. The van der Waals surface area contributed by atoms with Gasteiger partial charge in [-0.15, -0.1) is 0 Å². The van der Waals surface area contributed by atoms with Crippen molar-refractivity contribution in [1.82, 2.24) is 9.47 Å². The number of benzene rings is 1. The normalized spacial score (nSPS) is 19.5. The predicted octanol–water partition coefficient (Wildman–Crippen LogP) is 2.18. The number of fused-ring (bicyclic) bond motifs is 1. The zero-order chi connectivity index (χ0) is 17.7. The lowest BCUT2D eigenvalue weighted by molar-refractivity contribution is -0.399. The number of aromatic nitrogens is 1. The molecule has 1 aromatic heterocycles. The number of amides is 2. The van der Waals surface area contributed by atoms with Gasteiger partial charge in [-0.25, -0.2) is 9.59 Å². The highest BCUT2D eigenvalue weighted by atomic mass is 19.3. The van der Waals surface area contributed by atoms with Crippen LogP contribution in [0.15, 0.2) is 27.4 Å². The molecule has 0 unspecified atom stereocenters. The van der Waals surface area contributed by atoms with Crippen LogP contribution >= 0.6 is 0 Å². The van der Waals surface area contributed by atoms with Crippen molar-refractivity contribution >= 4 is 22.8 Å².